The molecule has 0 aliphatic heterocycles. The Bertz CT molecular complexity index is 796. The summed E-state index contributed by atoms with van der Waals surface area (Å²) in [5.41, 5.74) is 1.99. The molecule has 1 saturated carbocycles. The van der Waals surface area contributed by atoms with Crippen LogP contribution in [0.2, 0.25) is 0 Å². The van der Waals surface area contributed by atoms with E-state index in [9.17, 15) is 8.78 Å². The molecule has 1 aromatic carbocycles. The number of halogens is 2. The Hall–Kier alpha value is -1.84. The zero-order valence-corrected chi connectivity index (χ0v) is 19.3. The molecule has 2 aromatic rings. The Morgan fingerprint density at radius 3 is 2.13 bits per heavy atom. The van der Waals surface area contributed by atoms with E-state index in [4.69, 9.17) is 0 Å². The van der Waals surface area contributed by atoms with E-state index in [1.54, 1.807) is 18.2 Å². The molecule has 0 atom stereocenters. The lowest BCUT2D eigenvalue weighted by atomic mass is 9.78. The number of hydrogen-bond donors (Lipinski definition) is 0. The highest BCUT2D eigenvalue weighted by Crippen LogP contribution is 2.34. The number of benzene rings is 1. The number of hydrogen-bond acceptors (Lipinski definition) is 2. The molecule has 2 nitrogen and oxygen atoms in total. The highest BCUT2D eigenvalue weighted by Gasteiger charge is 2.21. The van der Waals surface area contributed by atoms with Gasteiger partial charge in [-0.2, -0.15) is 10.2 Å². The third-order valence-corrected chi connectivity index (χ3v) is 6.93. The van der Waals surface area contributed by atoms with Gasteiger partial charge in [0, 0.05) is 5.56 Å². The summed E-state index contributed by atoms with van der Waals surface area (Å²) in [6, 6.07) is 7.04. The molecule has 1 aliphatic rings. The number of aromatic nitrogens is 2. The van der Waals surface area contributed by atoms with Crippen molar-refractivity contribution in [3.8, 4) is 11.3 Å². The average Bonchev–Trinajstić information content (AvgIpc) is 2.80. The van der Waals surface area contributed by atoms with Crippen LogP contribution in [0.1, 0.15) is 95.7 Å². The van der Waals surface area contributed by atoms with Gasteiger partial charge in [-0.1, -0.05) is 77.7 Å². The molecule has 0 radical (unpaired) electrons. The summed E-state index contributed by atoms with van der Waals surface area (Å²) in [6.45, 7) is 4.41. The second kappa shape index (κ2) is 12.3. The van der Waals surface area contributed by atoms with Crippen molar-refractivity contribution in [3.05, 3.63) is 47.2 Å². The van der Waals surface area contributed by atoms with E-state index >= 15 is 0 Å². The van der Waals surface area contributed by atoms with Gasteiger partial charge in [-0.05, 0) is 61.3 Å². The van der Waals surface area contributed by atoms with Crippen molar-refractivity contribution >= 4 is 0 Å². The van der Waals surface area contributed by atoms with Gasteiger partial charge in [0.05, 0.1) is 11.4 Å². The molecule has 31 heavy (non-hydrogen) atoms. The molecule has 3 rings (SSSR count). The third-order valence-electron chi connectivity index (χ3n) is 6.93. The van der Waals surface area contributed by atoms with Crippen LogP contribution in [0.15, 0.2) is 24.3 Å². The summed E-state index contributed by atoms with van der Waals surface area (Å²) < 4.78 is 29.2. The first-order valence-corrected chi connectivity index (χ1v) is 12.4. The van der Waals surface area contributed by atoms with Crippen LogP contribution in [0, 0.1) is 23.5 Å². The zero-order chi connectivity index (χ0) is 22.1. The van der Waals surface area contributed by atoms with Gasteiger partial charge in [0.2, 0.25) is 0 Å². The van der Waals surface area contributed by atoms with Crippen LogP contribution in [0.3, 0.4) is 0 Å². The van der Waals surface area contributed by atoms with Crippen molar-refractivity contribution < 1.29 is 8.78 Å². The van der Waals surface area contributed by atoms with Crippen LogP contribution in [0.5, 0.6) is 0 Å². The summed E-state index contributed by atoms with van der Waals surface area (Å²) >= 11 is 0. The van der Waals surface area contributed by atoms with E-state index in [-0.39, 0.29) is 5.56 Å². The Morgan fingerprint density at radius 2 is 1.48 bits per heavy atom. The van der Waals surface area contributed by atoms with E-state index in [0.29, 0.717) is 17.7 Å². The molecular weight excluding hydrogens is 390 g/mol. The van der Waals surface area contributed by atoms with Gasteiger partial charge in [0.1, 0.15) is 0 Å². The van der Waals surface area contributed by atoms with Crippen molar-refractivity contribution in [3.63, 3.8) is 0 Å². The molecule has 0 N–H and O–H groups in total. The zero-order valence-electron chi connectivity index (χ0n) is 19.3. The van der Waals surface area contributed by atoms with Gasteiger partial charge >= 0.3 is 0 Å². The number of unbranched alkanes of at least 4 members (excludes halogenated alkanes) is 3. The molecule has 1 fully saturated rings. The van der Waals surface area contributed by atoms with E-state index in [0.717, 1.165) is 56.1 Å². The minimum absolute atomic E-state index is 0.197. The Balaban J connectivity index is 1.54. The molecule has 0 unspecified atom stereocenters. The minimum atomic E-state index is -0.807. The van der Waals surface area contributed by atoms with Gasteiger partial charge < -0.3 is 0 Å². The van der Waals surface area contributed by atoms with Crippen LogP contribution in [-0.2, 0) is 12.8 Å². The third kappa shape index (κ3) is 6.82. The number of rotatable bonds is 11. The second-order valence-corrected chi connectivity index (χ2v) is 9.33. The van der Waals surface area contributed by atoms with Gasteiger partial charge in [-0.3, -0.25) is 0 Å². The molecule has 0 spiro atoms. The van der Waals surface area contributed by atoms with Gasteiger partial charge in [-0.25, -0.2) is 8.78 Å². The monoisotopic (exact) mass is 428 g/mol. The van der Waals surface area contributed by atoms with Crippen molar-refractivity contribution in [2.45, 2.75) is 97.3 Å². The molecule has 1 aromatic heterocycles. The van der Waals surface area contributed by atoms with Crippen LogP contribution in [0.25, 0.3) is 11.3 Å². The summed E-state index contributed by atoms with van der Waals surface area (Å²) in [5, 5.41) is 8.52. The number of aryl methyl sites for hydroxylation is 2. The summed E-state index contributed by atoms with van der Waals surface area (Å²) in [6.07, 6.45) is 14.9. The lowest BCUT2D eigenvalue weighted by molar-refractivity contribution is 0.252. The summed E-state index contributed by atoms with van der Waals surface area (Å²) in [7, 11) is 0. The quantitative estimate of drug-likeness (QED) is 0.338. The van der Waals surface area contributed by atoms with E-state index < -0.39 is 11.6 Å². The molecule has 0 saturated heterocycles. The van der Waals surface area contributed by atoms with Gasteiger partial charge in [0.25, 0.3) is 0 Å². The van der Waals surface area contributed by atoms with Crippen molar-refractivity contribution in [2.75, 3.05) is 0 Å². The average molecular weight is 429 g/mol. The first kappa shape index (κ1) is 23.8. The molecule has 0 bridgehead atoms. The fourth-order valence-electron chi connectivity index (χ4n) is 4.93. The fourth-order valence-corrected chi connectivity index (χ4v) is 4.93. The SMILES string of the molecule is CCCCCCc1ccc(-c2ccc(CCC3CCC(CCC)CC3)nn2)c(F)c1F. The maximum atomic E-state index is 14.7. The Morgan fingerprint density at radius 1 is 0.742 bits per heavy atom. The molecule has 170 valence electrons. The Kier molecular flexibility index (Phi) is 9.42. The summed E-state index contributed by atoms with van der Waals surface area (Å²) in [4.78, 5) is 0. The molecule has 1 aliphatic carbocycles. The lowest BCUT2D eigenvalue weighted by Crippen LogP contribution is -2.15. The topological polar surface area (TPSA) is 25.8 Å². The maximum Gasteiger partial charge on any atom is 0.168 e. The second-order valence-electron chi connectivity index (χ2n) is 9.33. The van der Waals surface area contributed by atoms with Crippen molar-refractivity contribution in [1.29, 1.82) is 0 Å². The van der Waals surface area contributed by atoms with Crippen molar-refractivity contribution in [1.82, 2.24) is 10.2 Å². The first-order chi connectivity index (χ1) is 15.1. The van der Waals surface area contributed by atoms with Crippen LogP contribution in [0.4, 0.5) is 8.78 Å². The normalized spacial score (nSPS) is 19.0. The molecule has 1 heterocycles. The van der Waals surface area contributed by atoms with Crippen molar-refractivity contribution in [2.24, 2.45) is 11.8 Å². The van der Waals surface area contributed by atoms with Crippen LogP contribution < -0.4 is 0 Å². The molecular formula is C27H38F2N2. The largest absolute Gasteiger partial charge is 0.203 e. The Labute approximate surface area is 186 Å². The summed E-state index contributed by atoms with van der Waals surface area (Å²) in [5.74, 6) is 0.168. The van der Waals surface area contributed by atoms with E-state index in [1.807, 2.05) is 6.07 Å². The van der Waals surface area contributed by atoms with Gasteiger partial charge in [-0.15, -0.1) is 0 Å². The fraction of sp³-hybridized carbons (Fsp3) is 0.630. The maximum absolute atomic E-state index is 14.7. The molecule has 0 amide bonds. The predicted molar refractivity (Wildman–Crippen MR) is 124 cm³/mol. The van der Waals surface area contributed by atoms with E-state index in [1.165, 1.54) is 38.5 Å². The predicted octanol–water partition coefficient (Wildman–Crippen LogP) is 8.08. The molecule has 4 heteroatoms. The van der Waals surface area contributed by atoms with Gasteiger partial charge in [0.15, 0.2) is 11.6 Å². The lowest BCUT2D eigenvalue weighted by Gasteiger charge is -2.28. The van der Waals surface area contributed by atoms with Crippen LogP contribution >= 0.6 is 0 Å². The van der Waals surface area contributed by atoms with Crippen LogP contribution in [-0.4, -0.2) is 10.2 Å². The number of nitrogens with zero attached hydrogens (tertiary/aromatic N) is 2. The smallest absolute Gasteiger partial charge is 0.168 e. The van der Waals surface area contributed by atoms with E-state index in [2.05, 4.69) is 24.0 Å². The highest BCUT2D eigenvalue weighted by atomic mass is 19.2. The first-order valence-electron chi connectivity index (χ1n) is 12.4. The standard InChI is InChI=1S/C27H38F2N2/c1-3-5-6-7-9-22-15-18-24(27(29)26(22)28)25-19-17-23(30-31-25)16-14-21-12-10-20(8-4-2)11-13-21/h15,17-21H,3-14,16H2,1-2H3. The minimum Gasteiger partial charge on any atom is -0.203 e. The highest BCUT2D eigenvalue weighted by molar-refractivity contribution is 5.60.